The molecule has 0 radical (unpaired) electrons. The number of nitrogens with one attached hydrogen (secondary N) is 2. The fourth-order valence-electron chi connectivity index (χ4n) is 5.21. The number of hydrogen-bond donors (Lipinski definition) is 3. The van der Waals surface area contributed by atoms with Crippen molar-refractivity contribution in [2.24, 2.45) is 0 Å². The number of aromatic nitrogens is 1. The summed E-state index contributed by atoms with van der Waals surface area (Å²) in [6.07, 6.45) is 0.410. The Morgan fingerprint density at radius 1 is 1.11 bits per heavy atom. The van der Waals surface area contributed by atoms with Crippen molar-refractivity contribution in [3.05, 3.63) is 35.0 Å². The van der Waals surface area contributed by atoms with Gasteiger partial charge in [-0.3, -0.25) is 4.79 Å². The molecule has 0 saturated carbocycles. The van der Waals surface area contributed by atoms with Crippen molar-refractivity contribution in [3.63, 3.8) is 0 Å². The van der Waals surface area contributed by atoms with Crippen LogP contribution in [0.4, 0.5) is 11.4 Å². The third-order valence-electron chi connectivity index (χ3n) is 6.83. The first kappa shape index (κ1) is 23.9. The van der Waals surface area contributed by atoms with Crippen LogP contribution in [0.2, 0.25) is 0 Å². The van der Waals surface area contributed by atoms with E-state index in [9.17, 15) is 14.7 Å². The molecule has 0 saturated heterocycles. The van der Waals surface area contributed by atoms with E-state index in [1.165, 1.54) is 27.4 Å². The average molecular weight is 516 g/mol. The number of anilines is 2. The first-order chi connectivity index (χ1) is 17.4. The van der Waals surface area contributed by atoms with E-state index in [0.29, 0.717) is 52.5 Å². The van der Waals surface area contributed by atoms with E-state index in [1.54, 1.807) is 18.1 Å². The van der Waals surface area contributed by atoms with Crippen molar-refractivity contribution in [2.45, 2.75) is 18.4 Å². The van der Waals surface area contributed by atoms with E-state index in [4.69, 9.17) is 30.5 Å². The van der Waals surface area contributed by atoms with Gasteiger partial charge in [-0.2, -0.15) is 0 Å². The predicted octanol–water partition coefficient (Wildman–Crippen LogP) is 3.39. The molecule has 11 heteroatoms. The van der Waals surface area contributed by atoms with Crippen LogP contribution < -0.4 is 24.4 Å². The third-order valence-corrected chi connectivity index (χ3v) is 7.20. The van der Waals surface area contributed by atoms with E-state index in [2.05, 4.69) is 10.3 Å². The maximum atomic E-state index is 13.8. The quantitative estimate of drug-likeness (QED) is 0.337. The molecule has 3 N–H and O–H groups in total. The molecule has 36 heavy (non-hydrogen) atoms. The van der Waals surface area contributed by atoms with Gasteiger partial charge < -0.3 is 39.3 Å². The smallest absolute Gasteiger partial charge is 0.354 e. The van der Waals surface area contributed by atoms with Crippen molar-refractivity contribution in [3.8, 4) is 23.0 Å². The molecular formula is C25H26ClN3O7. The van der Waals surface area contributed by atoms with Crippen LogP contribution in [0.15, 0.2) is 18.2 Å². The number of rotatable bonds is 6. The molecule has 10 nitrogen and oxygen atoms in total. The minimum absolute atomic E-state index is 0.0780. The lowest BCUT2D eigenvalue weighted by molar-refractivity contribution is -0.119. The lowest BCUT2D eigenvalue weighted by atomic mass is 9.98. The minimum atomic E-state index is -0.581. The molecule has 2 aromatic carbocycles. The number of fused-ring (bicyclic) bond motifs is 4. The zero-order chi connectivity index (χ0) is 25.7. The van der Waals surface area contributed by atoms with Crippen LogP contribution >= 0.6 is 11.6 Å². The molecule has 0 fully saturated rings. The number of esters is 1. The molecule has 3 heterocycles. The van der Waals surface area contributed by atoms with Gasteiger partial charge in [-0.25, -0.2) is 4.79 Å². The molecule has 1 amide bonds. The van der Waals surface area contributed by atoms with Crippen LogP contribution in [-0.4, -0.2) is 68.9 Å². The maximum Gasteiger partial charge on any atom is 0.354 e. The molecule has 2 aliphatic rings. The Kier molecular flexibility index (Phi) is 5.99. The van der Waals surface area contributed by atoms with Gasteiger partial charge in [-0.05, 0) is 23.3 Å². The Balaban J connectivity index is 1.53. The fraction of sp³-hybridized carbons (Fsp3) is 0.360. The highest BCUT2D eigenvalue weighted by atomic mass is 35.5. The summed E-state index contributed by atoms with van der Waals surface area (Å²) in [7, 11) is 5.89. The third kappa shape index (κ3) is 3.47. The Hall–Kier alpha value is -3.79. The summed E-state index contributed by atoms with van der Waals surface area (Å²) >= 11 is 6.32. The number of alkyl halides is 1. The molecule has 0 aliphatic carbocycles. The van der Waals surface area contributed by atoms with Gasteiger partial charge in [0, 0.05) is 36.2 Å². The normalized spacial score (nSPS) is 18.0. The Labute approximate surface area is 212 Å². The van der Waals surface area contributed by atoms with Gasteiger partial charge in [-0.1, -0.05) is 0 Å². The number of carbonyl (C=O) groups excluding carboxylic acids is 2. The van der Waals surface area contributed by atoms with Crippen molar-refractivity contribution in [2.75, 3.05) is 51.1 Å². The average Bonchev–Trinajstić information content (AvgIpc) is 3.61. The van der Waals surface area contributed by atoms with Crippen LogP contribution in [0.1, 0.15) is 27.5 Å². The van der Waals surface area contributed by atoms with Crippen LogP contribution in [0.25, 0.3) is 10.9 Å². The second-order valence-corrected chi connectivity index (χ2v) is 8.98. The number of phenols is 1. The minimum Gasteiger partial charge on any atom is -0.506 e. The van der Waals surface area contributed by atoms with E-state index in [1.807, 2.05) is 6.07 Å². The summed E-state index contributed by atoms with van der Waals surface area (Å²) in [4.78, 5) is 30.4. The molecule has 190 valence electrons. The number of amides is 1. The van der Waals surface area contributed by atoms with E-state index < -0.39 is 12.0 Å². The molecule has 0 bridgehead atoms. The summed E-state index contributed by atoms with van der Waals surface area (Å²) in [5, 5.41) is 14.7. The fourth-order valence-corrected chi connectivity index (χ4v) is 5.46. The molecule has 5 rings (SSSR count). The van der Waals surface area contributed by atoms with Gasteiger partial charge >= 0.3 is 5.97 Å². The highest BCUT2D eigenvalue weighted by Gasteiger charge is 2.40. The molecular weight excluding hydrogens is 490 g/mol. The summed E-state index contributed by atoms with van der Waals surface area (Å²) < 4.78 is 21.3. The number of H-pyrrole nitrogens is 1. The number of aromatic amines is 1. The Bertz CT molecular complexity index is 1390. The second kappa shape index (κ2) is 9.02. The maximum absolute atomic E-state index is 13.8. The van der Waals surface area contributed by atoms with E-state index >= 15 is 0 Å². The molecule has 2 unspecified atom stereocenters. The Morgan fingerprint density at radius 3 is 2.50 bits per heavy atom. The largest absolute Gasteiger partial charge is 0.506 e. The molecule has 3 aromatic rings. The van der Waals surface area contributed by atoms with Crippen LogP contribution in [0.3, 0.4) is 0 Å². The van der Waals surface area contributed by atoms with E-state index in [0.717, 1.165) is 11.1 Å². The molecule has 0 spiro atoms. The monoisotopic (exact) mass is 515 g/mol. The highest BCUT2D eigenvalue weighted by Crippen LogP contribution is 2.49. The number of benzene rings is 2. The molecule has 2 aliphatic heterocycles. The van der Waals surface area contributed by atoms with Crippen molar-refractivity contribution < 1.29 is 33.6 Å². The van der Waals surface area contributed by atoms with Gasteiger partial charge in [0.15, 0.2) is 11.5 Å². The number of aromatic hydroxyl groups is 1. The van der Waals surface area contributed by atoms with Crippen LogP contribution in [-0.2, 0) is 16.0 Å². The van der Waals surface area contributed by atoms with Gasteiger partial charge in [-0.15, -0.1) is 11.6 Å². The topological polar surface area (TPSA) is 122 Å². The molecule has 2 atom stereocenters. The van der Waals surface area contributed by atoms with Crippen LogP contribution in [0, 0.1) is 0 Å². The van der Waals surface area contributed by atoms with Gasteiger partial charge in [0.2, 0.25) is 11.7 Å². The van der Waals surface area contributed by atoms with Crippen molar-refractivity contribution in [1.82, 2.24) is 4.98 Å². The summed E-state index contributed by atoms with van der Waals surface area (Å²) in [6, 6.07) is 4.41. The summed E-state index contributed by atoms with van der Waals surface area (Å²) in [5.74, 6) is 0.676. The van der Waals surface area contributed by atoms with Gasteiger partial charge in [0.1, 0.15) is 17.5 Å². The lowest BCUT2D eigenvalue weighted by Gasteiger charge is -2.22. The number of nitrogens with zero attached hydrogens (tertiary/aromatic N) is 1. The predicted molar refractivity (Wildman–Crippen MR) is 134 cm³/mol. The molecule has 1 aromatic heterocycles. The number of carbonyl (C=O) groups is 2. The number of methoxy groups -OCH3 is 4. The standard InChI is InChI=1S/C25H26ClN3O7/c1-33-18-6-11-5-14(27-20(11)23(35-3)22(18)34-2)24(31)29-10-12(9-26)19-13-7-15(25(32)36-4)28-21(13)17(30)8-16(19)29/h6-8,12,14,27-28,30H,5,9-10H2,1-4H3. The summed E-state index contributed by atoms with van der Waals surface area (Å²) in [5.41, 5.74) is 3.50. The van der Waals surface area contributed by atoms with Crippen molar-refractivity contribution >= 4 is 45.8 Å². The number of hydrogen-bond acceptors (Lipinski definition) is 8. The van der Waals surface area contributed by atoms with Crippen molar-refractivity contribution in [1.29, 1.82) is 0 Å². The number of ether oxygens (including phenoxy) is 4. The first-order valence-corrected chi connectivity index (χ1v) is 11.8. The lowest BCUT2D eigenvalue weighted by Crippen LogP contribution is -2.41. The van der Waals surface area contributed by atoms with Gasteiger partial charge in [0.25, 0.3) is 0 Å². The Morgan fingerprint density at radius 2 is 1.86 bits per heavy atom. The number of halogens is 1. The number of phenolic OH excluding ortho intramolecular Hbond substituents is 1. The SMILES string of the molecule is COC(=O)c1cc2c3c(cc(O)c2[nH]1)N(C(=O)C1Cc2cc(OC)c(OC)c(OC)c2N1)CC3CCl. The highest BCUT2D eigenvalue weighted by molar-refractivity contribution is 6.19. The van der Waals surface area contributed by atoms with E-state index in [-0.39, 0.29) is 29.1 Å². The zero-order valence-corrected chi connectivity index (χ0v) is 21.0. The summed E-state index contributed by atoms with van der Waals surface area (Å²) in [6.45, 7) is 0.341. The zero-order valence-electron chi connectivity index (χ0n) is 20.2. The first-order valence-electron chi connectivity index (χ1n) is 11.3. The van der Waals surface area contributed by atoms with Gasteiger partial charge in [0.05, 0.1) is 45.3 Å². The second-order valence-electron chi connectivity index (χ2n) is 8.67. The van der Waals surface area contributed by atoms with Crippen LogP contribution in [0.5, 0.6) is 23.0 Å².